The number of hydrogen-bond donors (Lipinski definition) is 0. The molecule has 5 rings (SSSR count). The molecule has 0 amide bonds. The molecule has 4 heteroatoms. The van der Waals surface area contributed by atoms with Crippen LogP contribution in [0.15, 0.2) is 66.7 Å². The number of ether oxygens (including phenoxy) is 1. The van der Waals surface area contributed by atoms with Gasteiger partial charge in [-0.2, -0.15) is 0 Å². The maximum Gasteiger partial charge on any atom is 0.123 e. The zero-order chi connectivity index (χ0) is 20.9. The Hall–Kier alpha value is -2.33. The lowest BCUT2D eigenvalue weighted by Crippen LogP contribution is -2.22. The van der Waals surface area contributed by atoms with Crippen molar-refractivity contribution in [3.8, 4) is 0 Å². The van der Waals surface area contributed by atoms with E-state index in [9.17, 15) is 0 Å². The van der Waals surface area contributed by atoms with E-state index in [1.165, 1.54) is 49.4 Å². The molecule has 0 bridgehead atoms. The van der Waals surface area contributed by atoms with Gasteiger partial charge < -0.3 is 9.30 Å². The highest BCUT2D eigenvalue weighted by Gasteiger charge is 2.18. The first-order valence-corrected chi connectivity index (χ1v) is 14.6. The molecule has 5 aromatic rings. The molecule has 152 valence electrons. The van der Waals surface area contributed by atoms with Gasteiger partial charge in [-0.15, -0.1) is 0 Å². The Bertz CT molecular complexity index is 1400. The second-order valence-corrected chi connectivity index (χ2v) is 15.3. The second kappa shape index (κ2) is 7.42. The zero-order valence-electron chi connectivity index (χ0n) is 17.7. The van der Waals surface area contributed by atoms with Crippen molar-refractivity contribution in [3.05, 3.63) is 71.8 Å². The van der Waals surface area contributed by atoms with Crippen molar-refractivity contribution >= 4 is 63.0 Å². The molecule has 0 aliphatic rings. The van der Waals surface area contributed by atoms with E-state index in [0.717, 1.165) is 11.6 Å². The van der Waals surface area contributed by atoms with Gasteiger partial charge in [0.2, 0.25) is 0 Å². The molecular weight excluding hydrogens is 406 g/mol. The van der Waals surface area contributed by atoms with Crippen LogP contribution in [0.25, 0.3) is 43.4 Å². The molecule has 0 unspecified atom stereocenters. The quantitative estimate of drug-likeness (QED) is 0.156. The Morgan fingerprint density at radius 1 is 0.800 bits per heavy atom. The van der Waals surface area contributed by atoms with Gasteiger partial charge in [0.1, 0.15) is 6.73 Å². The summed E-state index contributed by atoms with van der Waals surface area (Å²) >= 11 is 6.39. The monoisotopic (exact) mass is 431 g/mol. The number of halogens is 1. The highest BCUT2D eigenvalue weighted by Crippen LogP contribution is 2.41. The third kappa shape index (κ3) is 3.31. The maximum absolute atomic E-state index is 6.39. The number of aromatic nitrogens is 1. The van der Waals surface area contributed by atoms with Gasteiger partial charge in [-0.3, -0.25) is 0 Å². The molecule has 0 atom stereocenters. The Kier molecular flexibility index (Phi) is 4.85. The summed E-state index contributed by atoms with van der Waals surface area (Å²) in [6.45, 7) is 8.55. The minimum atomic E-state index is -1.12. The molecule has 0 aliphatic carbocycles. The first kappa shape index (κ1) is 19.6. The maximum atomic E-state index is 6.39. The van der Waals surface area contributed by atoms with E-state index in [4.69, 9.17) is 16.3 Å². The van der Waals surface area contributed by atoms with E-state index >= 15 is 0 Å². The zero-order valence-corrected chi connectivity index (χ0v) is 19.5. The molecule has 1 aromatic heterocycles. The number of para-hydroxylation sites is 1. The van der Waals surface area contributed by atoms with Crippen LogP contribution in [-0.2, 0) is 11.5 Å². The van der Waals surface area contributed by atoms with Crippen LogP contribution in [0.4, 0.5) is 0 Å². The summed E-state index contributed by atoms with van der Waals surface area (Å²) < 4.78 is 8.58. The number of rotatable bonds is 5. The Morgan fingerprint density at radius 3 is 2.27 bits per heavy atom. The van der Waals surface area contributed by atoms with Crippen molar-refractivity contribution < 1.29 is 4.74 Å². The molecule has 0 fully saturated rings. The molecule has 4 aromatic carbocycles. The van der Waals surface area contributed by atoms with Crippen LogP contribution >= 0.6 is 11.6 Å². The first-order valence-electron chi connectivity index (χ1n) is 10.5. The third-order valence-electron chi connectivity index (χ3n) is 5.91. The molecule has 0 radical (unpaired) electrons. The van der Waals surface area contributed by atoms with Crippen LogP contribution in [0, 0.1) is 0 Å². The number of nitrogens with zero attached hydrogens (tertiary/aromatic N) is 1. The van der Waals surface area contributed by atoms with E-state index in [1.807, 2.05) is 6.07 Å². The van der Waals surface area contributed by atoms with Crippen LogP contribution in [0.2, 0.25) is 30.7 Å². The van der Waals surface area contributed by atoms with Crippen LogP contribution in [-0.4, -0.2) is 19.2 Å². The normalized spacial score (nSPS) is 12.5. The lowest BCUT2D eigenvalue weighted by atomic mass is 9.97. The fourth-order valence-electron chi connectivity index (χ4n) is 4.41. The van der Waals surface area contributed by atoms with Gasteiger partial charge in [0, 0.05) is 35.9 Å². The molecule has 0 aliphatic heterocycles. The van der Waals surface area contributed by atoms with Gasteiger partial charge in [-0.05, 0) is 40.4 Å². The summed E-state index contributed by atoms with van der Waals surface area (Å²) in [5, 5.41) is 8.23. The summed E-state index contributed by atoms with van der Waals surface area (Å²) in [6.07, 6.45) is 0. The van der Waals surface area contributed by atoms with Gasteiger partial charge >= 0.3 is 0 Å². The highest BCUT2D eigenvalue weighted by atomic mass is 35.5. The molecule has 0 saturated heterocycles. The Labute approximate surface area is 183 Å². The number of benzene rings is 4. The van der Waals surface area contributed by atoms with Crippen LogP contribution in [0.3, 0.4) is 0 Å². The molecule has 0 spiro atoms. The summed E-state index contributed by atoms with van der Waals surface area (Å²) in [7, 11) is -1.12. The van der Waals surface area contributed by atoms with Crippen LogP contribution in [0.5, 0.6) is 0 Å². The van der Waals surface area contributed by atoms with Crippen molar-refractivity contribution in [3.63, 3.8) is 0 Å². The van der Waals surface area contributed by atoms with Crippen molar-refractivity contribution in [2.24, 2.45) is 0 Å². The Balaban J connectivity index is 1.81. The SMILES string of the molecule is C[Si](C)(C)CCOCn1c2ccccc2c2c3ccc(Cl)cc3c3ccccc3c21. The van der Waals surface area contributed by atoms with E-state index in [0.29, 0.717) is 6.73 Å². The van der Waals surface area contributed by atoms with E-state index < -0.39 is 8.07 Å². The predicted molar refractivity (Wildman–Crippen MR) is 134 cm³/mol. The first-order chi connectivity index (χ1) is 14.4. The standard InChI is InChI=1S/C26H26ClNOSi/c1-30(2,3)15-14-29-17-28-24-11-7-6-10-22(24)25-20-13-12-18(27)16-23(20)19-8-4-5-9-21(19)26(25)28/h4-13,16H,14-15,17H2,1-3H3. The average molecular weight is 432 g/mol. The molecule has 0 N–H and O–H groups in total. The summed E-state index contributed by atoms with van der Waals surface area (Å²) in [5.41, 5.74) is 2.46. The molecular formula is C26H26ClNOSi. The number of fused-ring (bicyclic) bond motifs is 8. The van der Waals surface area contributed by atoms with Gasteiger partial charge in [0.05, 0.1) is 11.0 Å². The van der Waals surface area contributed by atoms with Crippen molar-refractivity contribution in [1.82, 2.24) is 4.57 Å². The second-order valence-electron chi connectivity index (χ2n) is 9.25. The molecule has 30 heavy (non-hydrogen) atoms. The third-order valence-corrected chi connectivity index (χ3v) is 7.85. The molecule has 0 saturated carbocycles. The topological polar surface area (TPSA) is 14.2 Å². The van der Waals surface area contributed by atoms with Gasteiger partial charge in [-0.1, -0.05) is 79.8 Å². The Morgan fingerprint density at radius 2 is 1.50 bits per heavy atom. The molecule has 2 nitrogen and oxygen atoms in total. The lowest BCUT2D eigenvalue weighted by Gasteiger charge is -2.16. The predicted octanol–water partition coefficient (Wildman–Crippen LogP) is 8.07. The van der Waals surface area contributed by atoms with Crippen molar-refractivity contribution in [2.75, 3.05) is 6.61 Å². The van der Waals surface area contributed by atoms with E-state index in [1.54, 1.807) is 0 Å². The van der Waals surface area contributed by atoms with Crippen LogP contribution in [0.1, 0.15) is 0 Å². The summed E-state index contributed by atoms with van der Waals surface area (Å²) in [4.78, 5) is 0. The minimum absolute atomic E-state index is 0.567. The summed E-state index contributed by atoms with van der Waals surface area (Å²) in [5.74, 6) is 0. The van der Waals surface area contributed by atoms with Crippen LogP contribution < -0.4 is 0 Å². The largest absolute Gasteiger partial charge is 0.361 e. The van der Waals surface area contributed by atoms with Crippen molar-refractivity contribution in [2.45, 2.75) is 32.4 Å². The average Bonchev–Trinajstić information content (AvgIpc) is 3.05. The van der Waals surface area contributed by atoms with Gasteiger partial charge in [0.25, 0.3) is 0 Å². The minimum Gasteiger partial charge on any atom is -0.361 e. The van der Waals surface area contributed by atoms with Crippen molar-refractivity contribution in [1.29, 1.82) is 0 Å². The number of hydrogen-bond acceptors (Lipinski definition) is 1. The fourth-order valence-corrected chi connectivity index (χ4v) is 5.33. The lowest BCUT2D eigenvalue weighted by molar-refractivity contribution is 0.0930. The highest BCUT2D eigenvalue weighted by molar-refractivity contribution is 6.76. The smallest absolute Gasteiger partial charge is 0.123 e. The van der Waals surface area contributed by atoms with E-state index in [-0.39, 0.29) is 0 Å². The van der Waals surface area contributed by atoms with Gasteiger partial charge in [-0.25, -0.2) is 0 Å². The fraction of sp³-hybridized carbons (Fsp3) is 0.231. The molecule has 1 heterocycles. The van der Waals surface area contributed by atoms with Gasteiger partial charge in [0.15, 0.2) is 0 Å². The summed E-state index contributed by atoms with van der Waals surface area (Å²) in [6, 6.07) is 24.7. The van der Waals surface area contributed by atoms with E-state index in [2.05, 4.69) is 84.9 Å².